The van der Waals surface area contributed by atoms with Crippen LogP contribution in [0.1, 0.15) is 16.7 Å². The number of halogens is 1. The van der Waals surface area contributed by atoms with Crippen LogP contribution in [-0.2, 0) is 21.2 Å². The quantitative estimate of drug-likeness (QED) is 0.428. The standard InChI is InChI=1S/C26H29ClN2O5S/c1-18-8-11-21(12-9-18)35(31,32)29(23-7-5-6-22(27)19(23)2)17-26(30)28-15-14-20-10-13-24(33-3)25(16-20)34-4/h5-13,16H,14-15,17H2,1-4H3,(H,28,30). The predicted molar refractivity (Wildman–Crippen MR) is 138 cm³/mol. The summed E-state index contributed by atoms with van der Waals surface area (Å²) in [5, 5.41) is 3.23. The molecule has 0 aliphatic heterocycles. The minimum atomic E-state index is -4.02. The number of carbonyl (C=O) groups is 1. The number of benzene rings is 3. The van der Waals surface area contributed by atoms with E-state index in [0.29, 0.717) is 40.7 Å². The van der Waals surface area contributed by atoms with Crippen LogP contribution in [0.25, 0.3) is 0 Å². The fourth-order valence-corrected chi connectivity index (χ4v) is 5.22. The third kappa shape index (κ3) is 6.26. The molecule has 0 unspecified atom stereocenters. The van der Waals surface area contributed by atoms with Gasteiger partial charge in [0.15, 0.2) is 11.5 Å². The highest BCUT2D eigenvalue weighted by Gasteiger charge is 2.28. The van der Waals surface area contributed by atoms with E-state index in [9.17, 15) is 13.2 Å². The van der Waals surface area contributed by atoms with Crippen LogP contribution in [0.2, 0.25) is 5.02 Å². The molecule has 0 atom stereocenters. The van der Waals surface area contributed by atoms with Gasteiger partial charge >= 0.3 is 0 Å². The Morgan fingerprint density at radius 1 is 0.971 bits per heavy atom. The molecule has 0 aliphatic carbocycles. The number of nitrogens with one attached hydrogen (secondary N) is 1. The van der Waals surface area contributed by atoms with Crippen LogP contribution in [0.15, 0.2) is 65.6 Å². The number of aryl methyl sites for hydroxylation is 1. The molecular weight excluding hydrogens is 488 g/mol. The normalized spacial score (nSPS) is 11.1. The number of methoxy groups -OCH3 is 2. The molecule has 3 aromatic rings. The first kappa shape index (κ1) is 26.4. The molecule has 0 saturated heterocycles. The largest absolute Gasteiger partial charge is 0.493 e. The van der Waals surface area contributed by atoms with E-state index in [1.165, 1.54) is 12.1 Å². The summed E-state index contributed by atoms with van der Waals surface area (Å²) in [6.07, 6.45) is 0.535. The van der Waals surface area contributed by atoms with E-state index in [4.69, 9.17) is 21.1 Å². The van der Waals surface area contributed by atoms with Crippen molar-refractivity contribution in [3.63, 3.8) is 0 Å². The number of rotatable bonds is 10. The third-order valence-corrected chi connectivity index (χ3v) is 7.77. The lowest BCUT2D eigenvalue weighted by Gasteiger charge is -2.26. The van der Waals surface area contributed by atoms with Crippen molar-refractivity contribution in [3.05, 3.63) is 82.4 Å². The molecule has 3 aromatic carbocycles. The smallest absolute Gasteiger partial charge is 0.264 e. The minimum Gasteiger partial charge on any atom is -0.493 e. The summed E-state index contributed by atoms with van der Waals surface area (Å²) < 4.78 is 38.8. The van der Waals surface area contributed by atoms with Gasteiger partial charge in [-0.3, -0.25) is 9.10 Å². The van der Waals surface area contributed by atoms with E-state index in [2.05, 4.69) is 5.32 Å². The number of hydrogen-bond donors (Lipinski definition) is 1. The molecule has 1 amide bonds. The molecule has 0 bridgehead atoms. The molecule has 0 saturated carbocycles. The Kier molecular flexibility index (Phi) is 8.64. The van der Waals surface area contributed by atoms with E-state index < -0.39 is 15.9 Å². The first-order valence-electron chi connectivity index (χ1n) is 11.0. The van der Waals surface area contributed by atoms with Gasteiger partial charge in [0.1, 0.15) is 6.54 Å². The average Bonchev–Trinajstić information content (AvgIpc) is 2.84. The number of hydrogen-bond acceptors (Lipinski definition) is 5. The number of ether oxygens (including phenoxy) is 2. The zero-order valence-corrected chi connectivity index (χ0v) is 21.7. The summed E-state index contributed by atoms with van der Waals surface area (Å²) in [6.45, 7) is 3.54. The topological polar surface area (TPSA) is 84.9 Å². The van der Waals surface area contributed by atoms with Crippen molar-refractivity contribution < 1.29 is 22.7 Å². The molecule has 0 aromatic heterocycles. The van der Waals surface area contributed by atoms with Crippen LogP contribution in [0.4, 0.5) is 5.69 Å². The maximum absolute atomic E-state index is 13.5. The lowest BCUT2D eigenvalue weighted by molar-refractivity contribution is -0.119. The highest BCUT2D eigenvalue weighted by molar-refractivity contribution is 7.92. The van der Waals surface area contributed by atoms with Gasteiger partial charge < -0.3 is 14.8 Å². The van der Waals surface area contributed by atoms with Crippen molar-refractivity contribution in [2.45, 2.75) is 25.2 Å². The Morgan fingerprint density at radius 2 is 1.66 bits per heavy atom. The molecule has 186 valence electrons. The molecule has 0 spiro atoms. The van der Waals surface area contributed by atoms with Crippen molar-refractivity contribution in [1.82, 2.24) is 5.32 Å². The maximum atomic E-state index is 13.5. The molecule has 0 radical (unpaired) electrons. The molecule has 0 heterocycles. The van der Waals surface area contributed by atoms with Crippen LogP contribution in [0.5, 0.6) is 11.5 Å². The predicted octanol–water partition coefficient (Wildman–Crippen LogP) is 4.53. The summed E-state index contributed by atoms with van der Waals surface area (Å²) >= 11 is 6.27. The van der Waals surface area contributed by atoms with Crippen LogP contribution >= 0.6 is 11.6 Å². The number of nitrogens with zero attached hydrogens (tertiary/aromatic N) is 1. The minimum absolute atomic E-state index is 0.0978. The van der Waals surface area contributed by atoms with Crippen molar-refractivity contribution in [3.8, 4) is 11.5 Å². The van der Waals surface area contributed by atoms with E-state index in [-0.39, 0.29) is 11.4 Å². The third-order valence-electron chi connectivity index (χ3n) is 5.59. The van der Waals surface area contributed by atoms with E-state index in [1.54, 1.807) is 57.5 Å². The maximum Gasteiger partial charge on any atom is 0.264 e. The summed E-state index contributed by atoms with van der Waals surface area (Å²) in [7, 11) is -0.891. The zero-order chi connectivity index (χ0) is 25.6. The zero-order valence-electron chi connectivity index (χ0n) is 20.2. The van der Waals surface area contributed by atoms with Gasteiger partial charge in [-0.2, -0.15) is 0 Å². The molecule has 7 nitrogen and oxygen atoms in total. The highest BCUT2D eigenvalue weighted by Crippen LogP contribution is 2.31. The Balaban J connectivity index is 1.79. The average molecular weight is 517 g/mol. The second-order valence-electron chi connectivity index (χ2n) is 8.00. The Labute approximate surface area is 211 Å². The van der Waals surface area contributed by atoms with E-state index >= 15 is 0 Å². The van der Waals surface area contributed by atoms with Crippen LogP contribution in [-0.4, -0.2) is 41.6 Å². The molecule has 3 rings (SSSR count). The van der Waals surface area contributed by atoms with Gasteiger partial charge in [-0.05, 0) is 67.8 Å². The first-order chi connectivity index (χ1) is 16.7. The Morgan fingerprint density at radius 3 is 2.31 bits per heavy atom. The molecule has 0 fully saturated rings. The van der Waals surface area contributed by atoms with E-state index in [1.807, 2.05) is 19.1 Å². The van der Waals surface area contributed by atoms with Gasteiger partial charge in [0, 0.05) is 11.6 Å². The second-order valence-corrected chi connectivity index (χ2v) is 10.3. The fraction of sp³-hybridized carbons (Fsp3) is 0.269. The Bertz CT molecular complexity index is 1290. The van der Waals surface area contributed by atoms with Gasteiger partial charge in [-0.15, -0.1) is 0 Å². The molecule has 35 heavy (non-hydrogen) atoms. The van der Waals surface area contributed by atoms with Gasteiger partial charge in [0.05, 0.1) is 24.8 Å². The summed E-state index contributed by atoms with van der Waals surface area (Å²) in [5.41, 5.74) is 2.80. The Hall–Kier alpha value is -3.23. The SMILES string of the molecule is COc1ccc(CCNC(=O)CN(c2cccc(Cl)c2C)S(=O)(=O)c2ccc(C)cc2)cc1OC. The molecule has 9 heteroatoms. The van der Waals surface area contributed by atoms with Crippen LogP contribution in [0.3, 0.4) is 0 Å². The van der Waals surface area contributed by atoms with Crippen LogP contribution < -0.4 is 19.1 Å². The second kappa shape index (κ2) is 11.5. The van der Waals surface area contributed by atoms with Crippen LogP contribution in [0, 0.1) is 13.8 Å². The number of amides is 1. The number of anilines is 1. The molecule has 1 N–H and O–H groups in total. The summed E-state index contributed by atoms with van der Waals surface area (Å²) in [4.78, 5) is 13.0. The summed E-state index contributed by atoms with van der Waals surface area (Å²) in [6, 6.07) is 17.0. The van der Waals surface area contributed by atoms with Gasteiger partial charge in [-0.25, -0.2) is 8.42 Å². The van der Waals surface area contributed by atoms with E-state index in [0.717, 1.165) is 15.4 Å². The van der Waals surface area contributed by atoms with Crippen molar-refractivity contribution in [2.75, 3.05) is 31.6 Å². The van der Waals surface area contributed by atoms with Crippen molar-refractivity contribution in [1.29, 1.82) is 0 Å². The van der Waals surface area contributed by atoms with Crippen molar-refractivity contribution in [2.24, 2.45) is 0 Å². The van der Waals surface area contributed by atoms with Gasteiger partial charge in [0.2, 0.25) is 5.91 Å². The molecule has 0 aliphatic rings. The van der Waals surface area contributed by atoms with Gasteiger partial charge in [-0.1, -0.05) is 41.4 Å². The number of carbonyl (C=O) groups excluding carboxylic acids is 1. The molecular formula is C26H29ClN2O5S. The monoisotopic (exact) mass is 516 g/mol. The fourth-order valence-electron chi connectivity index (χ4n) is 3.57. The highest BCUT2D eigenvalue weighted by atomic mass is 35.5. The lowest BCUT2D eigenvalue weighted by Crippen LogP contribution is -2.41. The lowest BCUT2D eigenvalue weighted by atomic mass is 10.1. The first-order valence-corrected chi connectivity index (χ1v) is 12.8. The van der Waals surface area contributed by atoms with Crippen molar-refractivity contribution >= 4 is 33.2 Å². The summed E-state index contributed by atoms with van der Waals surface area (Å²) in [5.74, 6) is 0.790. The van der Waals surface area contributed by atoms with Gasteiger partial charge in [0.25, 0.3) is 10.0 Å². The number of sulfonamides is 1.